The Morgan fingerprint density at radius 3 is 2.05 bits per heavy atom. The van der Waals surface area contributed by atoms with Gasteiger partial charge in [0.05, 0.1) is 12.1 Å². The van der Waals surface area contributed by atoms with Crippen LogP contribution in [0.25, 0.3) is 0 Å². The van der Waals surface area contributed by atoms with Crippen molar-refractivity contribution in [1.82, 2.24) is 9.55 Å². The largest absolute Gasteiger partial charge is 0.476 e. The lowest BCUT2D eigenvalue weighted by atomic mass is 10.1. The summed E-state index contributed by atoms with van der Waals surface area (Å²) in [4.78, 5) is 35.3. The average molecular weight is 591 g/mol. The van der Waals surface area contributed by atoms with Crippen LogP contribution in [0, 0.1) is 20.2 Å². The third-order valence-electron chi connectivity index (χ3n) is 5.88. The predicted molar refractivity (Wildman–Crippen MR) is 119 cm³/mol. The molecule has 18 nitrogen and oxygen atoms in total. The number of aliphatic hydroxyl groups is 1. The van der Waals surface area contributed by atoms with E-state index in [1.807, 2.05) is 0 Å². The molecule has 0 bridgehead atoms. The van der Waals surface area contributed by atoms with Gasteiger partial charge in [-0.1, -0.05) is 0 Å². The molecule has 1 saturated heterocycles. The highest BCUT2D eigenvalue weighted by atomic mass is 31.2. The van der Waals surface area contributed by atoms with Gasteiger partial charge in [0.2, 0.25) is 6.23 Å². The topological polar surface area (TPSA) is 248 Å². The molecule has 1 unspecified atom stereocenters. The number of fused-ring (bicyclic) bond motifs is 1. The van der Waals surface area contributed by atoms with E-state index in [0.717, 1.165) is 36.5 Å². The quantitative estimate of drug-likeness (QED) is 0.184. The first-order chi connectivity index (χ1) is 18.7. The number of alkyl halides is 2. The number of hydrogen-bond acceptors (Lipinski definition) is 15. The summed E-state index contributed by atoms with van der Waals surface area (Å²) < 4.78 is 74.5. The van der Waals surface area contributed by atoms with Crippen LogP contribution in [0.2, 0.25) is 0 Å². The average Bonchev–Trinajstić information content (AvgIpc) is 3.35. The van der Waals surface area contributed by atoms with Gasteiger partial charge in [0.15, 0.2) is 5.60 Å². The van der Waals surface area contributed by atoms with Crippen LogP contribution in [-0.2, 0) is 36.1 Å². The van der Waals surface area contributed by atoms with Crippen LogP contribution in [0.3, 0.4) is 0 Å². The molecule has 0 spiro atoms. The molecule has 1 aliphatic carbocycles. The van der Waals surface area contributed by atoms with Gasteiger partial charge in [-0.15, -0.1) is 0 Å². The summed E-state index contributed by atoms with van der Waals surface area (Å²) in [5, 5.41) is 32.4. The second-order valence-electron chi connectivity index (χ2n) is 8.41. The summed E-state index contributed by atoms with van der Waals surface area (Å²) in [5.41, 5.74) is 1.07. The van der Waals surface area contributed by atoms with Crippen LogP contribution in [0.5, 0.6) is 0 Å². The highest BCUT2D eigenvalue weighted by Gasteiger charge is 2.88. The number of ether oxygens (including phenoxy) is 1. The molecule has 40 heavy (non-hydrogen) atoms. The van der Waals surface area contributed by atoms with Gasteiger partial charge in [0.1, 0.15) is 52.6 Å². The number of hydrogen-bond donors (Lipinski definition) is 2. The molecule has 0 aromatic carbocycles. The first-order valence-electron chi connectivity index (χ1n) is 10.9. The van der Waals surface area contributed by atoms with Gasteiger partial charge < -0.3 is 24.4 Å². The molecular formula is C19H16F2N5O13P. The van der Waals surface area contributed by atoms with Crippen LogP contribution in [-0.4, -0.2) is 48.2 Å². The molecule has 1 aliphatic heterocycles. The summed E-state index contributed by atoms with van der Waals surface area (Å²) in [7, 11) is -4.96. The van der Waals surface area contributed by atoms with Crippen molar-refractivity contribution in [3.63, 3.8) is 0 Å². The van der Waals surface area contributed by atoms with Gasteiger partial charge in [-0.3, -0.25) is 38.4 Å². The monoisotopic (exact) mass is 591 g/mol. The molecule has 0 amide bonds. The van der Waals surface area contributed by atoms with Crippen molar-refractivity contribution in [1.29, 1.82) is 0 Å². The van der Waals surface area contributed by atoms with Crippen molar-refractivity contribution >= 4 is 25.4 Å². The van der Waals surface area contributed by atoms with Crippen LogP contribution in [0.1, 0.15) is 17.7 Å². The van der Waals surface area contributed by atoms with Crippen molar-refractivity contribution in [2.75, 3.05) is 5.73 Å². The molecule has 214 valence electrons. The van der Waals surface area contributed by atoms with E-state index in [1.165, 1.54) is 0 Å². The third kappa shape index (κ3) is 4.65. The predicted octanol–water partition coefficient (Wildman–Crippen LogP) is 2.03. The summed E-state index contributed by atoms with van der Waals surface area (Å²) in [5.74, 6) is -6.28. The minimum Gasteiger partial charge on any atom is -0.403 e. The van der Waals surface area contributed by atoms with Gasteiger partial charge >= 0.3 is 31.2 Å². The fourth-order valence-corrected chi connectivity index (χ4v) is 5.19. The zero-order valence-corrected chi connectivity index (χ0v) is 20.4. The van der Waals surface area contributed by atoms with Crippen molar-refractivity contribution in [2.45, 2.75) is 43.2 Å². The number of nitrogen functional groups attached to an aromatic ring is 1. The lowest BCUT2D eigenvalue weighted by Gasteiger charge is -2.28. The summed E-state index contributed by atoms with van der Waals surface area (Å²) >= 11 is 0. The number of phosphoric acid groups is 1. The molecule has 5 rings (SSSR count). The van der Waals surface area contributed by atoms with E-state index in [4.69, 9.17) is 32.9 Å². The number of nitrogens with two attached hydrogens (primary N) is 1. The number of phosphoric ester groups is 1. The lowest BCUT2D eigenvalue weighted by Crippen LogP contribution is -2.46. The number of rotatable bonds is 11. The molecule has 2 aliphatic rings. The highest BCUT2D eigenvalue weighted by molar-refractivity contribution is 7.48. The number of halogens is 2. The Morgan fingerprint density at radius 1 is 1.07 bits per heavy atom. The smallest absolute Gasteiger partial charge is 0.403 e. The van der Waals surface area contributed by atoms with E-state index in [1.54, 1.807) is 0 Å². The Morgan fingerprint density at radius 2 is 1.62 bits per heavy atom. The number of nitrogens with zero attached hydrogens (tertiary/aromatic N) is 4. The Labute approximate surface area is 218 Å². The molecule has 21 heteroatoms. The van der Waals surface area contributed by atoms with E-state index in [-0.39, 0.29) is 17.3 Å². The SMILES string of the molecule is Nc1ccn([C@@H]2O[C@@H]3C(OP(=O)(OCc4ccc([N+](=O)[O-])o4)OCc4ccc([N+](=O)[O-])o4)[C@]3(O)C2(F)F)c(=O)n1. The third-order valence-corrected chi connectivity index (χ3v) is 7.26. The molecule has 0 radical (unpaired) electrons. The van der Waals surface area contributed by atoms with Gasteiger partial charge in [0.25, 0.3) is 0 Å². The summed E-state index contributed by atoms with van der Waals surface area (Å²) in [6.07, 6.45) is -5.28. The van der Waals surface area contributed by atoms with E-state index < -0.39 is 78.3 Å². The maximum absolute atomic E-state index is 15.3. The van der Waals surface area contributed by atoms with E-state index in [2.05, 4.69) is 4.98 Å². The zero-order valence-electron chi connectivity index (χ0n) is 19.5. The molecule has 3 N–H and O–H groups in total. The molecule has 4 heterocycles. The fraction of sp³-hybridized carbons (Fsp3) is 0.368. The number of nitro groups is 2. The number of anilines is 1. The Balaban J connectivity index is 1.35. The molecule has 3 aromatic rings. The van der Waals surface area contributed by atoms with Crippen molar-refractivity contribution in [3.05, 3.63) is 78.8 Å². The maximum atomic E-state index is 15.3. The Kier molecular flexibility index (Phi) is 6.56. The summed E-state index contributed by atoms with van der Waals surface area (Å²) in [6.45, 7) is -1.57. The van der Waals surface area contributed by atoms with Crippen LogP contribution in [0.4, 0.5) is 26.4 Å². The van der Waals surface area contributed by atoms with Gasteiger partial charge in [0, 0.05) is 6.20 Å². The van der Waals surface area contributed by atoms with Crippen LogP contribution < -0.4 is 11.4 Å². The molecule has 1 saturated carbocycles. The minimum atomic E-state index is -4.96. The first-order valence-corrected chi connectivity index (χ1v) is 12.4. The number of aromatic nitrogens is 2. The molecule has 4 atom stereocenters. The van der Waals surface area contributed by atoms with Crippen molar-refractivity contribution in [3.8, 4) is 0 Å². The molecular weight excluding hydrogens is 575 g/mol. The fourth-order valence-electron chi connectivity index (χ4n) is 3.88. The Bertz CT molecular complexity index is 1530. The van der Waals surface area contributed by atoms with Gasteiger partial charge in [-0.05, 0) is 18.2 Å². The number of furan rings is 2. The van der Waals surface area contributed by atoms with E-state index in [0.29, 0.717) is 4.57 Å². The Hall–Kier alpha value is -4.07. The second-order valence-corrected chi connectivity index (χ2v) is 10.0. The van der Waals surface area contributed by atoms with Crippen LogP contribution >= 0.6 is 7.82 Å². The first kappa shape index (κ1) is 27.5. The highest BCUT2D eigenvalue weighted by Crippen LogP contribution is 2.67. The minimum absolute atomic E-state index is 0.237. The van der Waals surface area contributed by atoms with Crippen molar-refractivity contribution < 1.29 is 55.4 Å². The standard InChI is InChI=1S/C19H16F2N5O13P/c20-19(21)16(24-6-5-11(22)23-17(24)27)38-14-15(18(14,19)28)39-40(33,34-7-9-1-3-12(36-9)25(29)30)35-8-10-2-4-13(37-10)26(31)32/h1-6,14-16,28H,7-8H2,(H2,22,23,27)/t14-,15?,16-,18+/m1/s1. The summed E-state index contributed by atoms with van der Waals surface area (Å²) in [6, 6.07) is 5.17. The molecule has 2 fully saturated rings. The maximum Gasteiger partial charge on any atom is 0.476 e. The van der Waals surface area contributed by atoms with Gasteiger partial charge in [-0.2, -0.15) is 13.8 Å². The van der Waals surface area contributed by atoms with E-state index >= 15 is 8.78 Å². The molecule has 3 aromatic heterocycles. The van der Waals surface area contributed by atoms with Crippen molar-refractivity contribution in [2.24, 2.45) is 0 Å². The van der Waals surface area contributed by atoms with Gasteiger partial charge in [-0.25, -0.2) is 9.36 Å². The zero-order chi connectivity index (χ0) is 29.0. The normalized spacial score (nSPS) is 25.0. The van der Waals surface area contributed by atoms with E-state index in [9.17, 15) is 34.7 Å². The van der Waals surface area contributed by atoms with Crippen LogP contribution in [0.15, 0.2) is 50.2 Å². The second kappa shape index (κ2) is 9.54. The lowest BCUT2D eigenvalue weighted by molar-refractivity contribution is -0.402.